The fourth-order valence-corrected chi connectivity index (χ4v) is 4.23. The molecule has 2 heterocycles. The van der Waals surface area contributed by atoms with Gasteiger partial charge in [0.1, 0.15) is 18.9 Å². The number of nitrogens with zero attached hydrogens (tertiary/aromatic N) is 2. The molecular formula is C26H25F3N2O3. The number of carboxylic acid groups (broad SMARTS) is 1. The molecule has 0 bridgehead atoms. The fraction of sp³-hybridized carbons (Fsp3) is 0.308. The second kappa shape index (κ2) is 9.00. The molecule has 4 rings (SSSR count). The second-order valence-electron chi connectivity index (χ2n) is 8.73. The monoisotopic (exact) mass is 470 g/mol. The van der Waals surface area contributed by atoms with Crippen molar-refractivity contribution in [3.63, 3.8) is 0 Å². The molecule has 1 aliphatic rings. The number of hydrogen-bond acceptors (Lipinski definition) is 3. The number of aliphatic imine (C=N–C) groups is 1. The summed E-state index contributed by atoms with van der Waals surface area (Å²) in [6.07, 6.45) is -3.86. The Kier molecular flexibility index (Phi) is 6.25. The molecule has 1 aromatic heterocycles. The second-order valence-corrected chi connectivity index (χ2v) is 8.73. The summed E-state index contributed by atoms with van der Waals surface area (Å²) in [6, 6.07) is 12.5. The summed E-state index contributed by atoms with van der Waals surface area (Å²) in [7, 11) is 0. The van der Waals surface area contributed by atoms with Crippen LogP contribution >= 0.6 is 0 Å². The molecule has 1 N–H and O–H groups in total. The van der Waals surface area contributed by atoms with Crippen LogP contribution in [0.3, 0.4) is 0 Å². The number of benzene rings is 2. The molecule has 0 aliphatic carbocycles. The van der Waals surface area contributed by atoms with E-state index in [4.69, 9.17) is 14.8 Å². The van der Waals surface area contributed by atoms with Gasteiger partial charge >= 0.3 is 12.1 Å². The average Bonchev–Trinajstić information content (AvgIpc) is 3.32. The van der Waals surface area contributed by atoms with Gasteiger partial charge in [0.25, 0.3) is 0 Å². The Hall–Kier alpha value is -3.55. The molecule has 8 heteroatoms. The molecular weight excluding hydrogens is 445 g/mol. The Balaban J connectivity index is 1.50. The molecule has 5 nitrogen and oxygen atoms in total. The van der Waals surface area contributed by atoms with Gasteiger partial charge in [0.2, 0.25) is 0 Å². The first-order chi connectivity index (χ1) is 16.0. The Morgan fingerprint density at radius 2 is 1.85 bits per heavy atom. The molecule has 0 unspecified atom stereocenters. The highest BCUT2D eigenvalue weighted by Gasteiger charge is 2.30. The Morgan fingerprint density at radius 1 is 1.15 bits per heavy atom. The number of aryl methyl sites for hydroxylation is 1. The van der Waals surface area contributed by atoms with Crippen molar-refractivity contribution in [3.05, 3.63) is 76.6 Å². The van der Waals surface area contributed by atoms with Crippen molar-refractivity contribution in [2.45, 2.75) is 39.9 Å². The van der Waals surface area contributed by atoms with Crippen molar-refractivity contribution in [3.8, 4) is 5.75 Å². The zero-order chi connectivity index (χ0) is 24.6. The molecule has 34 heavy (non-hydrogen) atoms. The van der Waals surface area contributed by atoms with Crippen molar-refractivity contribution >= 4 is 22.6 Å². The molecule has 0 spiro atoms. The van der Waals surface area contributed by atoms with Gasteiger partial charge in [-0.1, -0.05) is 26.0 Å². The third kappa shape index (κ3) is 4.85. The van der Waals surface area contributed by atoms with Gasteiger partial charge in [-0.2, -0.15) is 13.2 Å². The van der Waals surface area contributed by atoms with Crippen LogP contribution in [0.4, 0.5) is 13.2 Å². The van der Waals surface area contributed by atoms with E-state index in [1.165, 1.54) is 12.1 Å². The van der Waals surface area contributed by atoms with Gasteiger partial charge in [0.15, 0.2) is 0 Å². The number of carbonyl (C=O) groups is 1. The van der Waals surface area contributed by atoms with Crippen LogP contribution in [0.25, 0.3) is 10.9 Å². The molecule has 3 aromatic rings. The topological polar surface area (TPSA) is 63.8 Å². The highest BCUT2D eigenvalue weighted by Crippen LogP contribution is 2.33. The summed E-state index contributed by atoms with van der Waals surface area (Å²) in [5, 5.41) is 10.0. The lowest BCUT2D eigenvalue weighted by Gasteiger charge is -2.11. The first-order valence-corrected chi connectivity index (χ1v) is 10.9. The van der Waals surface area contributed by atoms with Crippen LogP contribution in [-0.4, -0.2) is 28.0 Å². The fourth-order valence-electron chi connectivity index (χ4n) is 4.23. The molecule has 0 radical (unpaired) electrons. The largest absolute Gasteiger partial charge is 0.489 e. The third-order valence-electron chi connectivity index (χ3n) is 5.88. The third-order valence-corrected chi connectivity index (χ3v) is 5.88. The van der Waals surface area contributed by atoms with Crippen LogP contribution in [0.1, 0.15) is 37.1 Å². The van der Waals surface area contributed by atoms with E-state index >= 15 is 0 Å². The molecule has 0 saturated heterocycles. The van der Waals surface area contributed by atoms with Gasteiger partial charge in [-0.05, 0) is 60.4 Å². The number of fused-ring (bicyclic) bond motifs is 1. The minimum absolute atomic E-state index is 0.107. The Labute approximate surface area is 195 Å². The predicted octanol–water partition coefficient (Wildman–Crippen LogP) is 6.24. The lowest BCUT2D eigenvalue weighted by molar-refractivity contribution is -0.138. The maximum Gasteiger partial charge on any atom is 0.416 e. The van der Waals surface area contributed by atoms with Crippen LogP contribution < -0.4 is 4.74 Å². The average molecular weight is 470 g/mol. The highest BCUT2D eigenvalue weighted by atomic mass is 19.4. The smallest absolute Gasteiger partial charge is 0.416 e. The first-order valence-electron chi connectivity index (χ1n) is 10.9. The van der Waals surface area contributed by atoms with E-state index in [2.05, 4.69) is 0 Å². The highest BCUT2D eigenvalue weighted by molar-refractivity contribution is 6.04. The number of hydrogen-bond donors (Lipinski definition) is 1. The summed E-state index contributed by atoms with van der Waals surface area (Å²) in [5.74, 6) is -0.113. The summed E-state index contributed by atoms with van der Waals surface area (Å²) in [4.78, 5) is 15.9. The van der Waals surface area contributed by atoms with E-state index in [1.807, 2.05) is 45.0 Å². The number of aromatic nitrogens is 1. The molecule has 0 atom stereocenters. The van der Waals surface area contributed by atoms with Gasteiger partial charge < -0.3 is 14.4 Å². The molecule has 2 aromatic carbocycles. The van der Waals surface area contributed by atoms with Gasteiger partial charge in [-0.3, -0.25) is 9.79 Å². The van der Waals surface area contributed by atoms with Crippen molar-refractivity contribution < 1.29 is 27.8 Å². The van der Waals surface area contributed by atoms with E-state index in [0.717, 1.165) is 45.7 Å². The van der Waals surface area contributed by atoms with Crippen LogP contribution in [-0.2, 0) is 17.5 Å². The molecule has 0 saturated carbocycles. The zero-order valence-corrected chi connectivity index (χ0v) is 19.1. The van der Waals surface area contributed by atoms with Crippen LogP contribution in [0.5, 0.6) is 5.75 Å². The minimum atomic E-state index is -4.37. The van der Waals surface area contributed by atoms with Gasteiger partial charge in [0, 0.05) is 28.7 Å². The number of rotatable bonds is 7. The van der Waals surface area contributed by atoms with E-state index in [1.54, 1.807) is 4.57 Å². The van der Waals surface area contributed by atoms with Crippen LogP contribution in [0.15, 0.2) is 64.8 Å². The lowest BCUT2D eigenvalue weighted by atomic mass is 10.0. The quantitative estimate of drug-likeness (QED) is 0.445. The van der Waals surface area contributed by atoms with E-state index < -0.39 is 17.7 Å². The number of aliphatic carboxylic acids is 1. The number of alkyl halides is 3. The summed E-state index contributed by atoms with van der Waals surface area (Å²) < 4.78 is 46.4. The van der Waals surface area contributed by atoms with E-state index in [9.17, 15) is 18.0 Å². The zero-order valence-electron chi connectivity index (χ0n) is 19.1. The summed E-state index contributed by atoms with van der Waals surface area (Å²) >= 11 is 0. The minimum Gasteiger partial charge on any atom is -0.489 e. The van der Waals surface area contributed by atoms with Gasteiger partial charge in [0.05, 0.1) is 11.3 Å². The summed E-state index contributed by atoms with van der Waals surface area (Å²) in [5.41, 5.74) is 4.26. The van der Waals surface area contributed by atoms with Crippen molar-refractivity contribution in [2.75, 3.05) is 6.61 Å². The predicted molar refractivity (Wildman–Crippen MR) is 124 cm³/mol. The standard InChI is InChI=1S/C26H25F3N2O3/c1-15(2)25-19(12-22(30-25)17-4-6-20(7-5-17)26(27,28)29)14-34-21-8-9-23-18(11-21)10-16(3)31(23)13-24(32)33/h4-11,15H,12-14H2,1-3H3,(H,32,33). The van der Waals surface area contributed by atoms with Crippen molar-refractivity contribution in [1.82, 2.24) is 4.57 Å². The van der Waals surface area contributed by atoms with E-state index in [-0.39, 0.29) is 12.5 Å². The van der Waals surface area contributed by atoms with E-state index in [0.29, 0.717) is 24.3 Å². The molecule has 178 valence electrons. The Morgan fingerprint density at radius 3 is 2.47 bits per heavy atom. The number of halogens is 3. The molecule has 1 aliphatic heterocycles. The van der Waals surface area contributed by atoms with Crippen LogP contribution in [0, 0.1) is 12.8 Å². The van der Waals surface area contributed by atoms with Crippen molar-refractivity contribution in [2.24, 2.45) is 10.9 Å². The lowest BCUT2D eigenvalue weighted by Crippen LogP contribution is -2.09. The normalized spacial score (nSPS) is 14.3. The van der Waals surface area contributed by atoms with Gasteiger partial charge in [-0.25, -0.2) is 0 Å². The SMILES string of the molecule is Cc1cc2cc(OCC3=C(C(C)C)N=C(c4ccc(C(F)(F)F)cc4)C3)ccc2n1CC(=O)O. The van der Waals surface area contributed by atoms with Gasteiger partial charge in [-0.15, -0.1) is 0 Å². The first kappa shape index (κ1) is 23.6. The number of ether oxygens (including phenoxy) is 1. The maximum absolute atomic E-state index is 12.9. The van der Waals surface area contributed by atoms with Crippen molar-refractivity contribution in [1.29, 1.82) is 0 Å². The molecule has 0 amide bonds. The van der Waals surface area contributed by atoms with Crippen LogP contribution in [0.2, 0.25) is 0 Å². The number of carboxylic acids is 1. The summed E-state index contributed by atoms with van der Waals surface area (Å²) in [6.45, 7) is 6.11. The molecule has 0 fully saturated rings. The maximum atomic E-state index is 12.9. The Bertz CT molecular complexity index is 1300. The number of allylic oxidation sites excluding steroid dienone is 1.